The Balaban J connectivity index is 2.02. The van der Waals surface area contributed by atoms with Gasteiger partial charge in [0.1, 0.15) is 0 Å². The molecule has 5 nitrogen and oxygen atoms in total. The summed E-state index contributed by atoms with van der Waals surface area (Å²) < 4.78 is 24.9. The Morgan fingerprint density at radius 2 is 1.95 bits per heavy atom. The third-order valence-electron chi connectivity index (χ3n) is 4.09. The molecule has 19 heavy (non-hydrogen) atoms. The molecule has 1 saturated carbocycles. The first-order valence-corrected chi connectivity index (χ1v) is 9.04. The molecule has 0 spiro atoms. The van der Waals surface area contributed by atoms with Crippen molar-refractivity contribution in [3.05, 3.63) is 0 Å². The highest BCUT2D eigenvalue weighted by Crippen LogP contribution is 2.29. The van der Waals surface area contributed by atoms with E-state index in [2.05, 4.69) is 6.92 Å². The molecule has 2 aliphatic rings. The second-order valence-electron chi connectivity index (χ2n) is 5.68. The van der Waals surface area contributed by atoms with Crippen LogP contribution < -0.4 is 0 Å². The molecule has 1 aliphatic heterocycles. The molecule has 0 aromatic rings. The molecule has 1 amide bonds. The number of piperidine rings is 1. The van der Waals surface area contributed by atoms with Gasteiger partial charge in [0, 0.05) is 18.6 Å². The number of sulfonamides is 1. The molecule has 1 atom stereocenters. The van der Waals surface area contributed by atoms with Gasteiger partial charge in [-0.1, -0.05) is 6.92 Å². The van der Waals surface area contributed by atoms with Gasteiger partial charge in [0.15, 0.2) is 0 Å². The first kappa shape index (κ1) is 14.8. The molecule has 1 saturated heterocycles. The van der Waals surface area contributed by atoms with Crippen LogP contribution in [0.1, 0.15) is 45.4 Å². The fourth-order valence-corrected chi connectivity index (χ4v) is 3.95. The van der Waals surface area contributed by atoms with Gasteiger partial charge in [-0.3, -0.25) is 4.79 Å². The van der Waals surface area contributed by atoms with E-state index in [1.54, 1.807) is 0 Å². The number of rotatable bonds is 5. The van der Waals surface area contributed by atoms with Crippen molar-refractivity contribution in [1.82, 2.24) is 9.21 Å². The molecule has 0 N–H and O–H groups in total. The molecule has 6 heteroatoms. The second kappa shape index (κ2) is 5.79. The van der Waals surface area contributed by atoms with Crippen LogP contribution in [0.15, 0.2) is 0 Å². The van der Waals surface area contributed by atoms with E-state index >= 15 is 0 Å². The molecule has 1 heterocycles. The van der Waals surface area contributed by atoms with Gasteiger partial charge >= 0.3 is 0 Å². The lowest BCUT2D eigenvalue weighted by Crippen LogP contribution is -2.49. The minimum Gasteiger partial charge on any atom is -0.339 e. The standard InChI is InChI=1S/C13H24N2O3S/c1-3-11-6-4-5-9-14(11)13(16)10-15(12-7-8-12)19(2,17)18/h11-12H,3-10H2,1-2H3. The van der Waals surface area contributed by atoms with Crippen LogP contribution in [0.25, 0.3) is 0 Å². The van der Waals surface area contributed by atoms with Gasteiger partial charge in [0.2, 0.25) is 15.9 Å². The van der Waals surface area contributed by atoms with Gasteiger partial charge in [0.05, 0.1) is 12.8 Å². The third-order valence-corrected chi connectivity index (χ3v) is 5.37. The first-order chi connectivity index (χ1) is 8.93. The van der Waals surface area contributed by atoms with Gasteiger partial charge in [-0.15, -0.1) is 0 Å². The van der Waals surface area contributed by atoms with Gasteiger partial charge in [-0.25, -0.2) is 8.42 Å². The van der Waals surface area contributed by atoms with Crippen LogP contribution in [0.3, 0.4) is 0 Å². The van der Waals surface area contributed by atoms with Crippen LogP contribution in [0.4, 0.5) is 0 Å². The number of nitrogens with zero attached hydrogens (tertiary/aromatic N) is 2. The summed E-state index contributed by atoms with van der Waals surface area (Å²) in [4.78, 5) is 14.3. The largest absolute Gasteiger partial charge is 0.339 e. The lowest BCUT2D eigenvalue weighted by molar-refractivity contribution is -0.135. The number of carbonyl (C=O) groups excluding carboxylic acids is 1. The van der Waals surface area contributed by atoms with E-state index in [1.165, 1.54) is 17.0 Å². The summed E-state index contributed by atoms with van der Waals surface area (Å²) in [7, 11) is -3.27. The zero-order valence-corrected chi connectivity index (χ0v) is 12.7. The number of carbonyl (C=O) groups is 1. The maximum atomic E-state index is 12.4. The molecule has 0 radical (unpaired) electrons. The summed E-state index contributed by atoms with van der Waals surface area (Å²) in [6, 6.07) is 0.352. The van der Waals surface area contributed by atoms with E-state index in [1.807, 2.05) is 4.90 Å². The molecular formula is C13H24N2O3S. The summed E-state index contributed by atoms with van der Waals surface area (Å²) in [6.45, 7) is 2.89. The average molecular weight is 288 g/mol. The molecule has 1 aliphatic carbocycles. The Labute approximate surface area is 116 Å². The first-order valence-electron chi connectivity index (χ1n) is 7.19. The van der Waals surface area contributed by atoms with Crippen molar-refractivity contribution >= 4 is 15.9 Å². The summed E-state index contributed by atoms with van der Waals surface area (Å²) in [6.07, 6.45) is 7.17. The molecule has 110 valence electrons. The van der Waals surface area contributed by atoms with Gasteiger partial charge < -0.3 is 4.90 Å². The van der Waals surface area contributed by atoms with Crippen LogP contribution in [0.2, 0.25) is 0 Å². The van der Waals surface area contributed by atoms with E-state index in [9.17, 15) is 13.2 Å². The maximum Gasteiger partial charge on any atom is 0.238 e. The lowest BCUT2D eigenvalue weighted by Gasteiger charge is -2.36. The summed E-state index contributed by atoms with van der Waals surface area (Å²) >= 11 is 0. The number of amides is 1. The van der Waals surface area contributed by atoms with Crippen molar-refractivity contribution in [2.75, 3.05) is 19.3 Å². The molecule has 1 unspecified atom stereocenters. The molecule has 2 rings (SSSR count). The van der Waals surface area contributed by atoms with Crippen molar-refractivity contribution in [2.45, 2.75) is 57.5 Å². The predicted molar refractivity (Wildman–Crippen MR) is 74.2 cm³/mol. The second-order valence-corrected chi connectivity index (χ2v) is 7.62. The maximum absolute atomic E-state index is 12.4. The summed E-state index contributed by atoms with van der Waals surface area (Å²) in [5, 5.41) is 0. The van der Waals surface area contributed by atoms with Crippen molar-refractivity contribution in [3.63, 3.8) is 0 Å². The fourth-order valence-electron chi connectivity index (χ4n) is 2.86. The lowest BCUT2D eigenvalue weighted by atomic mass is 10.00. The van der Waals surface area contributed by atoms with Crippen LogP contribution in [0, 0.1) is 0 Å². The molecular weight excluding hydrogens is 264 g/mol. The Kier molecular flexibility index (Phi) is 4.50. The van der Waals surface area contributed by atoms with Crippen LogP contribution in [0.5, 0.6) is 0 Å². The van der Waals surface area contributed by atoms with E-state index in [0.29, 0.717) is 6.04 Å². The highest BCUT2D eigenvalue weighted by molar-refractivity contribution is 7.88. The zero-order chi connectivity index (χ0) is 14.0. The number of hydrogen-bond donors (Lipinski definition) is 0. The molecule has 0 aromatic carbocycles. The van der Waals surface area contributed by atoms with Crippen LogP contribution >= 0.6 is 0 Å². The SMILES string of the molecule is CCC1CCCCN1C(=O)CN(C1CC1)S(C)(=O)=O. The third kappa shape index (κ3) is 3.69. The van der Waals surface area contributed by atoms with Gasteiger partial charge in [-0.05, 0) is 38.5 Å². The quantitative estimate of drug-likeness (QED) is 0.764. The van der Waals surface area contributed by atoms with E-state index in [-0.39, 0.29) is 18.5 Å². The molecule has 0 bridgehead atoms. The normalized spacial score (nSPS) is 24.8. The smallest absolute Gasteiger partial charge is 0.238 e. The van der Waals surface area contributed by atoms with Crippen molar-refractivity contribution in [1.29, 1.82) is 0 Å². The van der Waals surface area contributed by atoms with Crippen molar-refractivity contribution in [3.8, 4) is 0 Å². The Morgan fingerprint density at radius 3 is 2.47 bits per heavy atom. The van der Waals surface area contributed by atoms with Crippen LogP contribution in [-0.4, -0.2) is 55.0 Å². The van der Waals surface area contributed by atoms with Crippen molar-refractivity contribution < 1.29 is 13.2 Å². The highest BCUT2D eigenvalue weighted by atomic mass is 32.2. The van der Waals surface area contributed by atoms with Crippen molar-refractivity contribution in [2.24, 2.45) is 0 Å². The van der Waals surface area contributed by atoms with Gasteiger partial charge in [-0.2, -0.15) is 4.31 Å². The number of likely N-dealkylation sites (tertiary alicyclic amines) is 1. The summed E-state index contributed by atoms with van der Waals surface area (Å²) in [5.41, 5.74) is 0. The topological polar surface area (TPSA) is 57.7 Å². The number of hydrogen-bond acceptors (Lipinski definition) is 3. The fraction of sp³-hybridized carbons (Fsp3) is 0.923. The molecule has 0 aromatic heterocycles. The van der Waals surface area contributed by atoms with E-state index in [0.717, 1.165) is 38.6 Å². The predicted octanol–water partition coefficient (Wildman–Crippen LogP) is 1.20. The average Bonchev–Trinajstić information content (AvgIpc) is 3.18. The Hall–Kier alpha value is -0.620. The van der Waals surface area contributed by atoms with Crippen LogP contribution in [-0.2, 0) is 14.8 Å². The minimum absolute atomic E-state index is 0.0242. The summed E-state index contributed by atoms with van der Waals surface area (Å²) in [5.74, 6) is -0.0242. The Bertz CT molecular complexity index is 431. The minimum atomic E-state index is -3.27. The van der Waals surface area contributed by atoms with E-state index < -0.39 is 10.0 Å². The Morgan fingerprint density at radius 1 is 1.26 bits per heavy atom. The van der Waals surface area contributed by atoms with E-state index in [4.69, 9.17) is 0 Å². The monoisotopic (exact) mass is 288 g/mol. The highest BCUT2D eigenvalue weighted by Gasteiger charge is 2.38. The zero-order valence-electron chi connectivity index (χ0n) is 11.8. The molecule has 2 fully saturated rings. The van der Waals surface area contributed by atoms with Gasteiger partial charge in [0.25, 0.3) is 0 Å².